The maximum absolute atomic E-state index is 13.0. The third kappa shape index (κ3) is 5.06. The molecular weight excluding hydrogens is 437 g/mol. The number of halogens is 2. The van der Waals surface area contributed by atoms with Crippen LogP contribution < -0.4 is 0 Å². The molecule has 0 saturated heterocycles. The summed E-state index contributed by atoms with van der Waals surface area (Å²) in [7, 11) is 0. The van der Waals surface area contributed by atoms with Crippen molar-refractivity contribution in [1.29, 1.82) is 0 Å². The second kappa shape index (κ2) is 9.94. The molecule has 2 atom stereocenters. The standard InChI is InChI=1S/C24H21Cl2NO4/c1-14-19(23(28)29)21(17-11-6-12-18(25)22(17)26)20(15(2)27-14)24(30)31-13-7-10-16-8-4-3-5-9-16/h3-12,19,21H,13H2,1-2H3,(H,28,29). The molecule has 2 aromatic rings. The van der Waals surface area contributed by atoms with Crippen molar-refractivity contribution in [3.63, 3.8) is 0 Å². The van der Waals surface area contributed by atoms with Gasteiger partial charge >= 0.3 is 11.9 Å². The van der Waals surface area contributed by atoms with Crippen LogP contribution in [0.4, 0.5) is 0 Å². The molecule has 3 rings (SSSR count). The molecule has 0 aliphatic carbocycles. The predicted molar refractivity (Wildman–Crippen MR) is 123 cm³/mol. The second-order valence-corrected chi connectivity index (χ2v) is 7.89. The van der Waals surface area contributed by atoms with E-state index in [1.54, 1.807) is 38.1 Å². The van der Waals surface area contributed by atoms with E-state index in [0.717, 1.165) is 5.56 Å². The van der Waals surface area contributed by atoms with Crippen molar-refractivity contribution in [2.24, 2.45) is 10.9 Å². The Balaban J connectivity index is 1.93. The predicted octanol–water partition coefficient (Wildman–Crippen LogP) is 5.78. The van der Waals surface area contributed by atoms with Crippen LogP contribution in [0.15, 0.2) is 70.9 Å². The molecule has 2 unspecified atom stereocenters. The van der Waals surface area contributed by atoms with E-state index in [9.17, 15) is 14.7 Å². The van der Waals surface area contributed by atoms with E-state index in [0.29, 0.717) is 17.0 Å². The number of allylic oxidation sites excluding steroid dienone is 1. The van der Waals surface area contributed by atoms with Gasteiger partial charge in [-0.3, -0.25) is 9.79 Å². The number of ether oxygens (including phenoxy) is 1. The first-order valence-corrected chi connectivity index (χ1v) is 10.4. The van der Waals surface area contributed by atoms with Gasteiger partial charge in [0.25, 0.3) is 0 Å². The van der Waals surface area contributed by atoms with Crippen molar-refractivity contribution in [2.45, 2.75) is 19.8 Å². The van der Waals surface area contributed by atoms with Crippen LogP contribution in [0.25, 0.3) is 6.08 Å². The lowest BCUT2D eigenvalue weighted by Gasteiger charge is -2.31. The SMILES string of the molecule is CC1=NC(C)=C(C(=O)OCC=Cc2ccccc2)C(c2cccc(Cl)c2Cl)C1C(=O)O. The van der Waals surface area contributed by atoms with Gasteiger partial charge in [0.05, 0.1) is 15.6 Å². The first kappa shape index (κ1) is 22.8. The summed E-state index contributed by atoms with van der Waals surface area (Å²) in [4.78, 5) is 29.4. The summed E-state index contributed by atoms with van der Waals surface area (Å²) in [5.74, 6) is -3.68. The molecule has 0 spiro atoms. The molecule has 1 heterocycles. The van der Waals surface area contributed by atoms with E-state index in [4.69, 9.17) is 27.9 Å². The van der Waals surface area contributed by atoms with Crippen molar-refractivity contribution in [1.82, 2.24) is 0 Å². The van der Waals surface area contributed by atoms with Crippen molar-refractivity contribution in [3.05, 3.63) is 87.0 Å². The summed E-state index contributed by atoms with van der Waals surface area (Å²) in [6.45, 7) is 3.31. The lowest BCUT2D eigenvalue weighted by atomic mass is 9.75. The van der Waals surface area contributed by atoms with Gasteiger partial charge in [0.2, 0.25) is 0 Å². The smallest absolute Gasteiger partial charge is 0.336 e. The van der Waals surface area contributed by atoms with E-state index >= 15 is 0 Å². The average Bonchev–Trinajstić information content (AvgIpc) is 2.73. The van der Waals surface area contributed by atoms with Crippen LogP contribution in [0, 0.1) is 5.92 Å². The molecule has 0 fully saturated rings. The van der Waals surface area contributed by atoms with Crippen LogP contribution in [0.1, 0.15) is 30.9 Å². The normalized spacial score (nSPS) is 18.8. The van der Waals surface area contributed by atoms with Crippen molar-refractivity contribution < 1.29 is 19.4 Å². The zero-order chi connectivity index (χ0) is 22.5. The zero-order valence-corrected chi connectivity index (χ0v) is 18.5. The van der Waals surface area contributed by atoms with E-state index in [1.165, 1.54) is 0 Å². The number of rotatable bonds is 6. The molecule has 1 N–H and O–H groups in total. The van der Waals surface area contributed by atoms with Crippen LogP contribution in [-0.2, 0) is 14.3 Å². The fourth-order valence-corrected chi connectivity index (χ4v) is 4.09. The first-order chi connectivity index (χ1) is 14.8. The average molecular weight is 458 g/mol. The lowest BCUT2D eigenvalue weighted by Crippen LogP contribution is -2.35. The van der Waals surface area contributed by atoms with E-state index in [2.05, 4.69) is 4.99 Å². The first-order valence-electron chi connectivity index (χ1n) is 9.62. The summed E-state index contributed by atoms with van der Waals surface area (Å²) in [6, 6.07) is 14.5. The van der Waals surface area contributed by atoms with E-state index in [1.807, 2.05) is 36.4 Å². The maximum Gasteiger partial charge on any atom is 0.336 e. The van der Waals surface area contributed by atoms with Crippen LogP contribution in [0.5, 0.6) is 0 Å². The number of aliphatic imine (C=N–C) groups is 1. The molecule has 31 heavy (non-hydrogen) atoms. The minimum atomic E-state index is -1.11. The van der Waals surface area contributed by atoms with Gasteiger partial charge < -0.3 is 9.84 Å². The molecule has 7 heteroatoms. The number of hydrogen-bond donors (Lipinski definition) is 1. The fourth-order valence-electron chi connectivity index (χ4n) is 3.67. The number of carbonyl (C=O) groups is 2. The number of carboxylic acid groups (broad SMARTS) is 1. The number of nitrogens with zero attached hydrogens (tertiary/aromatic N) is 1. The third-order valence-corrected chi connectivity index (χ3v) is 5.88. The largest absolute Gasteiger partial charge is 0.481 e. The van der Waals surface area contributed by atoms with Gasteiger partial charge in [0.15, 0.2) is 0 Å². The molecule has 1 aliphatic heterocycles. The van der Waals surface area contributed by atoms with Crippen LogP contribution in [0.3, 0.4) is 0 Å². The summed E-state index contributed by atoms with van der Waals surface area (Å²) < 4.78 is 5.44. The third-order valence-electron chi connectivity index (χ3n) is 5.05. The Morgan fingerprint density at radius 1 is 1.10 bits per heavy atom. The quantitative estimate of drug-likeness (QED) is 0.557. The summed E-state index contributed by atoms with van der Waals surface area (Å²) in [5, 5.41) is 10.4. The van der Waals surface area contributed by atoms with Crippen molar-refractivity contribution >= 4 is 46.9 Å². The molecule has 0 radical (unpaired) electrons. The minimum Gasteiger partial charge on any atom is -0.481 e. The summed E-state index contributed by atoms with van der Waals surface area (Å²) >= 11 is 12.6. The summed E-state index contributed by atoms with van der Waals surface area (Å²) in [5.41, 5.74) is 2.36. The van der Waals surface area contributed by atoms with Crippen molar-refractivity contribution in [2.75, 3.05) is 6.61 Å². The van der Waals surface area contributed by atoms with Gasteiger partial charge in [-0.2, -0.15) is 0 Å². The highest BCUT2D eigenvalue weighted by Crippen LogP contribution is 2.43. The van der Waals surface area contributed by atoms with E-state index in [-0.39, 0.29) is 22.2 Å². The molecule has 5 nitrogen and oxygen atoms in total. The summed E-state index contributed by atoms with van der Waals surface area (Å²) in [6.07, 6.45) is 3.56. The van der Waals surface area contributed by atoms with E-state index < -0.39 is 23.8 Å². The number of hydrogen-bond acceptors (Lipinski definition) is 4. The Labute approximate surface area is 190 Å². The van der Waals surface area contributed by atoms with Gasteiger partial charge in [0.1, 0.15) is 12.5 Å². The topological polar surface area (TPSA) is 76.0 Å². The number of carboxylic acids is 1. The van der Waals surface area contributed by atoms with Crippen molar-refractivity contribution in [3.8, 4) is 0 Å². The molecule has 1 aliphatic rings. The number of benzene rings is 2. The number of carbonyl (C=O) groups excluding carboxylic acids is 1. The van der Waals surface area contributed by atoms with Crippen LogP contribution in [0.2, 0.25) is 10.0 Å². The highest BCUT2D eigenvalue weighted by molar-refractivity contribution is 6.42. The fraction of sp³-hybridized carbons (Fsp3) is 0.208. The monoisotopic (exact) mass is 457 g/mol. The lowest BCUT2D eigenvalue weighted by molar-refractivity contribution is -0.140. The molecule has 0 bridgehead atoms. The van der Waals surface area contributed by atoms with Gasteiger partial charge in [0, 0.05) is 17.3 Å². The van der Waals surface area contributed by atoms with Crippen LogP contribution >= 0.6 is 23.2 Å². The second-order valence-electron chi connectivity index (χ2n) is 7.10. The Morgan fingerprint density at radius 3 is 2.48 bits per heavy atom. The zero-order valence-electron chi connectivity index (χ0n) is 17.0. The molecular formula is C24H21Cl2NO4. The minimum absolute atomic E-state index is 0.0287. The molecule has 160 valence electrons. The number of esters is 1. The Bertz CT molecular complexity index is 1090. The Kier molecular flexibility index (Phi) is 7.31. The Hall–Kier alpha value is -2.89. The highest BCUT2D eigenvalue weighted by atomic mass is 35.5. The molecule has 0 saturated carbocycles. The van der Waals surface area contributed by atoms with Gasteiger partial charge in [-0.1, -0.05) is 71.7 Å². The van der Waals surface area contributed by atoms with Gasteiger partial charge in [-0.15, -0.1) is 0 Å². The molecule has 0 aromatic heterocycles. The maximum atomic E-state index is 13.0. The van der Waals surface area contributed by atoms with Crippen LogP contribution in [-0.4, -0.2) is 29.4 Å². The Morgan fingerprint density at radius 2 is 1.81 bits per heavy atom. The van der Waals surface area contributed by atoms with Gasteiger partial charge in [-0.05, 0) is 37.1 Å². The highest BCUT2D eigenvalue weighted by Gasteiger charge is 2.42. The van der Waals surface area contributed by atoms with Gasteiger partial charge in [-0.25, -0.2) is 4.79 Å². The molecule has 0 amide bonds. The molecule has 2 aromatic carbocycles. The number of aliphatic carboxylic acids is 1.